The minimum atomic E-state index is -0.0950. The zero-order chi connectivity index (χ0) is 14.8. The van der Waals surface area contributed by atoms with Crippen molar-refractivity contribution in [2.24, 2.45) is 5.41 Å². The van der Waals surface area contributed by atoms with Crippen LogP contribution in [-0.4, -0.2) is 11.8 Å². The largest absolute Gasteiger partial charge is 0.296 e. The molecular weight excluding hydrogens is 250 g/mol. The molecule has 116 valence electrons. The van der Waals surface area contributed by atoms with Crippen LogP contribution in [0.1, 0.15) is 90.9 Å². The number of carbonyl (C=O) groups is 2. The maximum Gasteiger partial charge on any atom is 0.226 e. The van der Waals surface area contributed by atoms with Crippen molar-refractivity contribution in [1.82, 2.24) is 5.32 Å². The number of amides is 2. The standard InChI is InChI=1S/C17H31NO2/c1-17(2)13-9-5-3-7-11-15(19)18-16(20)12-8-4-6-10-14-17/h3-14H2,1-2H3,(H,18,19,20). The Labute approximate surface area is 123 Å². The van der Waals surface area contributed by atoms with E-state index in [2.05, 4.69) is 19.2 Å². The highest BCUT2D eigenvalue weighted by Gasteiger charge is 2.17. The van der Waals surface area contributed by atoms with Gasteiger partial charge in [-0.25, -0.2) is 0 Å². The maximum absolute atomic E-state index is 11.6. The lowest BCUT2D eigenvalue weighted by Gasteiger charge is -2.24. The molecule has 1 heterocycles. The zero-order valence-corrected chi connectivity index (χ0v) is 13.3. The van der Waals surface area contributed by atoms with Crippen LogP contribution in [0.5, 0.6) is 0 Å². The normalized spacial score (nSPS) is 24.1. The maximum atomic E-state index is 11.6. The van der Waals surface area contributed by atoms with Gasteiger partial charge in [0.1, 0.15) is 0 Å². The first-order chi connectivity index (χ1) is 9.49. The highest BCUT2D eigenvalue weighted by molar-refractivity contribution is 5.95. The summed E-state index contributed by atoms with van der Waals surface area (Å²) in [6, 6.07) is 0. The van der Waals surface area contributed by atoms with Gasteiger partial charge in [0.15, 0.2) is 0 Å². The Kier molecular flexibility index (Phi) is 7.86. The van der Waals surface area contributed by atoms with Crippen LogP contribution in [0.25, 0.3) is 0 Å². The van der Waals surface area contributed by atoms with Crippen molar-refractivity contribution in [3.63, 3.8) is 0 Å². The molecule has 1 saturated heterocycles. The fourth-order valence-electron chi connectivity index (χ4n) is 2.89. The highest BCUT2D eigenvalue weighted by Crippen LogP contribution is 2.30. The summed E-state index contributed by atoms with van der Waals surface area (Å²) in [5.74, 6) is -0.190. The van der Waals surface area contributed by atoms with Crippen molar-refractivity contribution >= 4 is 11.8 Å². The van der Waals surface area contributed by atoms with Crippen molar-refractivity contribution in [3.8, 4) is 0 Å². The van der Waals surface area contributed by atoms with Crippen LogP contribution in [-0.2, 0) is 9.59 Å². The summed E-state index contributed by atoms with van der Waals surface area (Å²) >= 11 is 0. The fourth-order valence-corrected chi connectivity index (χ4v) is 2.89. The molecule has 20 heavy (non-hydrogen) atoms. The van der Waals surface area contributed by atoms with Gasteiger partial charge >= 0.3 is 0 Å². The van der Waals surface area contributed by atoms with E-state index in [1.165, 1.54) is 38.5 Å². The molecule has 3 heteroatoms. The molecule has 1 aliphatic heterocycles. The first-order valence-corrected chi connectivity index (χ1v) is 8.32. The Balaban J connectivity index is 2.38. The third kappa shape index (κ3) is 8.34. The SMILES string of the molecule is CC1(C)CCCCCCC(=O)NC(=O)CCCCCC1. The summed E-state index contributed by atoms with van der Waals surface area (Å²) in [7, 11) is 0. The van der Waals surface area contributed by atoms with Gasteiger partial charge in [0, 0.05) is 12.8 Å². The van der Waals surface area contributed by atoms with Crippen LogP contribution >= 0.6 is 0 Å². The molecule has 0 unspecified atom stereocenters. The Hall–Kier alpha value is -0.860. The first kappa shape index (κ1) is 17.2. The smallest absolute Gasteiger partial charge is 0.226 e. The fraction of sp³-hybridized carbons (Fsp3) is 0.882. The van der Waals surface area contributed by atoms with E-state index >= 15 is 0 Å². The molecule has 0 aromatic carbocycles. The van der Waals surface area contributed by atoms with E-state index in [0.29, 0.717) is 18.3 Å². The molecule has 1 rings (SSSR count). The van der Waals surface area contributed by atoms with E-state index in [4.69, 9.17) is 0 Å². The third-order valence-corrected chi connectivity index (χ3v) is 4.29. The summed E-state index contributed by atoms with van der Waals surface area (Å²) in [5, 5.41) is 2.50. The van der Waals surface area contributed by atoms with Gasteiger partial charge in [-0.1, -0.05) is 52.4 Å². The van der Waals surface area contributed by atoms with Crippen LogP contribution in [0.2, 0.25) is 0 Å². The monoisotopic (exact) mass is 281 g/mol. The van der Waals surface area contributed by atoms with E-state index in [0.717, 1.165) is 25.7 Å². The molecule has 0 aromatic rings. The lowest BCUT2D eigenvalue weighted by atomic mass is 9.82. The summed E-state index contributed by atoms with van der Waals surface area (Å²) in [4.78, 5) is 23.1. The second kappa shape index (κ2) is 9.15. The zero-order valence-electron chi connectivity index (χ0n) is 13.3. The van der Waals surface area contributed by atoms with Crippen molar-refractivity contribution in [1.29, 1.82) is 0 Å². The molecule has 0 atom stereocenters. The molecule has 1 N–H and O–H groups in total. The van der Waals surface area contributed by atoms with Gasteiger partial charge < -0.3 is 0 Å². The number of hydrogen-bond acceptors (Lipinski definition) is 2. The van der Waals surface area contributed by atoms with E-state index in [-0.39, 0.29) is 11.8 Å². The van der Waals surface area contributed by atoms with Gasteiger partial charge in [-0.05, 0) is 31.1 Å². The molecule has 1 aliphatic rings. The lowest BCUT2D eigenvalue weighted by Crippen LogP contribution is -2.29. The van der Waals surface area contributed by atoms with Gasteiger partial charge in [0.2, 0.25) is 11.8 Å². The van der Waals surface area contributed by atoms with Crippen molar-refractivity contribution < 1.29 is 9.59 Å². The molecule has 0 bridgehead atoms. The molecule has 0 saturated carbocycles. The van der Waals surface area contributed by atoms with Crippen LogP contribution in [0, 0.1) is 5.41 Å². The Morgan fingerprint density at radius 1 is 0.700 bits per heavy atom. The lowest BCUT2D eigenvalue weighted by molar-refractivity contribution is -0.130. The molecule has 0 aliphatic carbocycles. The van der Waals surface area contributed by atoms with Crippen molar-refractivity contribution in [3.05, 3.63) is 0 Å². The van der Waals surface area contributed by atoms with E-state index in [1.54, 1.807) is 0 Å². The topological polar surface area (TPSA) is 46.2 Å². The van der Waals surface area contributed by atoms with Gasteiger partial charge in [0.25, 0.3) is 0 Å². The molecule has 0 spiro atoms. The van der Waals surface area contributed by atoms with Crippen LogP contribution in [0.3, 0.4) is 0 Å². The number of carbonyl (C=O) groups excluding carboxylic acids is 2. The molecule has 2 amide bonds. The number of hydrogen-bond donors (Lipinski definition) is 1. The second-order valence-electron chi connectivity index (χ2n) is 6.96. The highest BCUT2D eigenvalue weighted by atomic mass is 16.2. The second-order valence-corrected chi connectivity index (χ2v) is 6.96. The predicted octanol–water partition coefficient (Wildman–Crippen LogP) is 4.35. The van der Waals surface area contributed by atoms with E-state index in [9.17, 15) is 9.59 Å². The third-order valence-electron chi connectivity index (χ3n) is 4.29. The summed E-state index contributed by atoms with van der Waals surface area (Å²) in [5.41, 5.74) is 0.449. The molecule has 0 radical (unpaired) electrons. The molecule has 0 aromatic heterocycles. The minimum Gasteiger partial charge on any atom is -0.296 e. The van der Waals surface area contributed by atoms with Gasteiger partial charge in [-0.3, -0.25) is 14.9 Å². The van der Waals surface area contributed by atoms with Crippen LogP contribution < -0.4 is 5.32 Å². The summed E-state index contributed by atoms with van der Waals surface area (Å²) in [6.45, 7) is 4.74. The Morgan fingerprint density at radius 2 is 1.10 bits per heavy atom. The molecular formula is C17H31NO2. The average Bonchev–Trinajstić information content (AvgIpc) is 2.36. The van der Waals surface area contributed by atoms with Gasteiger partial charge in [0.05, 0.1) is 0 Å². The predicted molar refractivity (Wildman–Crippen MR) is 82.3 cm³/mol. The van der Waals surface area contributed by atoms with Gasteiger partial charge in [-0.2, -0.15) is 0 Å². The Morgan fingerprint density at radius 3 is 1.55 bits per heavy atom. The molecule has 3 nitrogen and oxygen atoms in total. The van der Waals surface area contributed by atoms with Crippen LogP contribution in [0.4, 0.5) is 0 Å². The van der Waals surface area contributed by atoms with E-state index in [1.807, 2.05) is 0 Å². The first-order valence-electron chi connectivity index (χ1n) is 8.32. The number of imide groups is 1. The minimum absolute atomic E-state index is 0.0950. The van der Waals surface area contributed by atoms with Crippen molar-refractivity contribution in [2.45, 2.75) is 90.9 Å². The molecule has 1 fully saturated rings. The average molecular weight is 281 g/mol. The number of rotatable bonds is 0. The number of nitrogens with one attached hydrogen (secondary N) is 1. The summed E-state index contributed by atoms with van der Waals surface area (Å²) in [6.07, 6.45) is 12.5. The quantitative estimate of drug-likeness (QED) is 0.671. The van der Waals surface area contributed by atoms with E-state index < -0.39 is 0 Å². The van der Waals surface area contributed by atoms with Gasteiger partial charge in [-0.15, -0.1) is 0 Å². The Bertz CT molecular complexity index is 282. The van der Waals surface area contributed by atoms with Crippen LogP contribution in [0.15, 0.2) is 0 Å². The van der Waals surface area contributed by atoms with Crippen molar-refractivity contribution in [2.75, 3.05) is 0 Å². The summed E-state index contributed by atoms with van der Waals surface area (Å²) < 4.78 is 0.